The van der Waals surface area contributed by atoms with E-state index in [4.69, 9.17) is 0 Å². The van der Waals surface area contributed by atoms with Gasteiger partial charge in [-0.3, -0.25) is 0 Å². The van der Waals surface area contributed by atoms with Gasteiger partial charge in [0, 0.05) is 27.6 Å². The van der Waals surface area contributed by atoms with Crippen LogP contribution >= 0.6 is 43.2 Å². The second kappa shape index (κ2) is 5.46. The first-order valence-corrected chi connectivity index (χ1v) is 7.08. The Morgan fingerprint density at radius 3 is 2.24 bits per heavy atom. The summed E-state index contributed by atoms with van der Waals surface area (Å²) < 4.78 is 27.8. The van der Waals surface area contributed by atoms with Crippen molar-refractivity contribution in [2.24, 2.45) is 0 Å². The molecular weight excluding hydrogens is 376 g/mol. The topological polar surface area (TPSA) is 12.0 Å². The second-order valence-electron chi connectivity index (χ2n) is 3.35. The van der Waals surface area contributed by atoms with Gasteiger partial charge < -0.3 is 5.32 Å². The molecule has 1 nitrogen and oxygen atoms in total. The number of anilines is 1. The van der Waals surface area contributed by atoms with Crippen LogP contribution in [-0.2, 0) is 6.54 Å². The number of benzene rings is 1. The van der Waals surface area contributed by atoms with Gasteiger partial charge in [-0.15, -0.1) is 11.3 Å². The van der Waals surface area contributed by atoms with Gasteiger partial charge in [-0.25, -0.2) is 8.78 Å². The zero-order valence-corrected chi connectivity index (χ0v) is 12.4. The van der Waals surface area contributed by atoms with Crippen molar-refractivity contribution in [3.05, 3.63) is 49.0 Å². The molecular formula is C11H7Br2F2NS. The first-order valence-electron chi connectivity index (χ1n) is 4.68. The normalized spacial score (nSPS) is 10.6. The van der Waals surface area contributed by atoms with E-state index in [1.807, 2.05) is 6.07 Å². The average Bonchev–Trinajstić information content (AvgIpc) is 2.54. The van der Waals surface area contributed by atoms with Crippen molar-refractivity contribution in [3.8, 4) is 0 Å². The van der Waals surface area contributed by atoms with Gasteiger partial charge in [-0.1, -0.05) is 0 Å². The molecule has 2 rings (SSSR count). The molecule has 0 aliphatic rings. The van der Waals surface area contributed by atoms with E-state index < -0.39 is 11.6 Å². The van der Waals surface area contributed by atoms with Crippen molar-refractivity contribution in [1.29, 1.82) is 0 Å². The Bertz CT molecular complexity index is 503. The molecule has 0 spiro atoms. The highest BCUT2D eigenvalue weighted by Gasteiger charge is 2.05. The number of nitrogens with one attached hydrogen (secondary N) is 1. The summed E-state index contributed by atoms with van der Waals surface area (Å²) in [5, 5.41) is 2.97. The molecule has 0 saturated carbocycles. The van der Waals surface area contributed by atoms with Crippen LogP contribution < -0.4 is 5.32 Å². The first-order chi connectivity index (χ1) is 8.04. The molecule has 0 unspecified atom stereocenters. The summed E-state index contributed by atoms with van der Waals surface area (Å²) in [6.07, 6.45) is 0. The van der Waals surface area contributed by atoms with Crippen LogP contribution in [0.5, 0.6) is 0 Å². The lowest BCUT2D eigenvalue weighted by atomic mass is 10.3. The Labute approximate surface area is 118 Å². The maximum Gasteiger partial charge on any atom is 0.128 e. The Morgan fingerprint density at radius 2 is 1.71 bits per heavy atom. The summed E-state index contributed by atoms with van der Waals surface area (Å²) in [6.45, 7) is 0.526. The van der Waals surface area contributed by atoms with Gasteiger partial charge in [0.15, 0.2) is 0 Å². The summed E-state index contributed by atoms with van der Waals surface area (Å²) in [7, 11) is 0. The Kier molecular flexibility index (Phi) is 4.17. The number of hydrogen-bond acceptors (Lipinski definition) is 2. The predicted octanol–water partition coefficient (Wildman–Crippen LogP) is 5.16. The van der Waals surface area contributed by atoms with Crippen LogP contribution in [0, 0.1) is 11.6 Å². The van der Waals surface area contributed by atoms with Crippen molar-refractivity contribution >= 4 is 48.9 Å². The minimum Gasteiger partial charge on any atom is -0.380 e. The fourth-order valence-electron chi connectivity index (χ4n) is 1.32. The lowest BCUT2D eigenvalue weighted by molar-refractivity contribution is 0.584. The molecule has 0 aliphatic carbocycles. The van der Waals surface area contributed by atoms with Crippen LogP contribution in [0.15, 0.2) is 32.5 Å². The minimum atomic E-state index is -0.582. The maximum atomic E-state index is 12.9. The Balaban J connectivity index is 2.07. The molecule has 6 heteroatoms. The van der Waals surface area contributed by atoms with E-state index in [0.29, 0.717) is 12.2 Å². The van der Waals surface area contributed by atoms with Crippen LogP contribution in [0.1, 0.15) is 4.88 Å². The van der Waals surface area contributed by atoms with E-state index in [2.05, 4.69) is 37.2 Å². The van der Waals surface area contributed by atoms with Crippen molar-refractivity contribution < 1.29 is 8.78 Å². The Morgan fingerprint density at radius 1 is 1.06 bits per heavy atom. The molecule has 1 heterocycles. The summed E-state index contributed by atoms with van der Waals surface area (Å²) in [5.41, 5.74) is 0.433. The van der Waals surface area contributed by atoms with Gasteiger partial charge in [-0.05, 0) is 50.1 Å². The lowest BCUT2D eigenvalue weighted by Crippen LogP contribution is -1.98. The van der Waals surface area contributed by atoms with E-state index in [1.165, 1.54) is 12.1 Å². The lowest BCUT2D eigenvalue weighted by Gasteiger charge is -2.04. The molecule has 2 aromatic rings. The average molecular weight is 383 g/mol. The van der Waals surface area contributed by atoms with E-state index in [9.17, 15) is 8.78 Å². The van der Waals surface area contributed by atoms with Crippen LogP contribution in [0.25, 0.3) is 0 Å². The highest BCUT2D eigenvalue weighted by Crippen LogP contribution is 2.32. The zero-order valence-electron chi connectivity index (χ0n) is 8.44. The molecule has 0 fully saturated rings. The van der Waals surface area contributed by atoms with Crippen molar-refractivity contribution in [1.82, 2.24) is 0 Å². The quantitative estimate of drug-likeness (QED) is 0.772. The van der Waals surface area contributed by atoms with Gasteiger partial charge in [-0.2, -0.15) is 0 Å². The molecule has 0 saturated heterocycles. The van der Waals surface area contributed by atoms with E-state index in [0.717, 1.165) is 19.2 Å². The highest BCUT2D eigenvalue weighted by molar-refractivity contribution is 9.13. The molecule has 1 aromatic carbocycles. The van der Waals surface area contributed by atoms with Crippen LogP contribution in [0.3, 0.4) is 0 Å². The minimum absolute atomic E-state index is 0.433. The zero-order chi connectivity index (χ0) is 12.4. The number of rotatable bonds is 3. The second-order valence-corrected chi connectivity index (χ2v) is 6.66. The molecule has 17 heavy (non-hydrogen) atoms. The van der Waals surface area contributed by atoms with Crippen LogP contribution in [-0.4, -0.2) is 0 Å². The molecule has 0 atom stereocenters. The first kappa shape index (κ1) is 13.0. The SMILES string of the molecule is Fc1cc(F)cc(NCc2cc(Br)c(Br)s2)c1. The third-order valence-electron chi connectivity index (χ3n) is 2.03. The fraction of sp³-hybridized carbons (Fsp3) is 0.0909. The molecule has 1 aromatic heterocycles. The predicted molar refractivity (Wildman–Crippen MR) is 73.4 cm³/mol. The number of hydrogen-bond donors (Lipinski definition) is 1. The van der Waals surface area contributed by atoms with E-state index >= 15 is 0 Å². The van der Waals surface area contributed by atoms with Crippen molar-refractivity contribution in [2.45, 2.75) is 6.54 Å². The molecule has 0 amide bonds. The van der Waals surface area contributed by atoms with Gasteiger partial charge in [0.1, 0.15) is 11.6 Å². The monoisotopic (exact) mass is 381 g/mol. The summed E-state index contributed by atoms with van der Waals surface area (Å²) in [6, 6.07) is 5.34. The van der Waals surface area contributed by atoms with Gasteiger partial charge >= 0.3 is 0 Å². The molecule has 90 valence electrons. The van der Waals surface area contributed by atoms with Crippen molar-refractivity contribution in [2.75, 3.05) is 5.32 Å². The smallest absolute Gasteiger partial charge is 0.128 e. The standard InChI is InChI=1S/C11H7Br2F2NS/c12-10-4-9(17-11(10)13)5-16-8-2-6(14)1-7(15)3-8/h1-4,16H,5H2. The highest BCUT2D eigenvalue weighted by atomic mass is 79.9. The molecule has 0 aliphatic heterocycles. The van der Waals surface area contributed by atoms with E-state index in [1.54, 1.807) is 11.3 Å². The Hall–Kier alpha value is -0.460. The van der Waals surface area contributed by atoms with Crippen molar-refractivity contribution in [3.63, 3.8) is 0 Å². The molecule has 1 N–H and O–H groups in total. The molecule has 0 radical (unpaired) electrons. The number of halogens is 4. The third-order valence-corrected chi connectivity index (χ3v) is 5.28. The molecule has 0 bridgehead atoms. The van der Waals surface area contributed by atoms with Gasteiger partial charge in [0.2, 0.25) is 0 Å². The summed E-state index contributed by atoms with van der Waals surface area (Å²) >= 11 is 8.33. The summed E-state index contributed by atoms with van der Waals surface area (Å²) in [5.74, 6) is -1.16. The van der Waals surface area contributed by atoms with Crippen LogP contribution in [0.4, 0.5) is 14.5 Å². The summed E-state index contributed by atoms with van der Waals surface area (Å²) in [4.78, 5) is 1.06. The van der Waals surface area contributed by atoms with Crippen LogP contribution in [0.2, 0.25) is 0 Å². The largest absolute Gasteiger partial charge is 0.380 e. The van der Waals surface area contributed by atoms with Gasteiger partial charge in [0.05, 0.1) is 3.79 Å². The number of thiophene rings is 1. The maximum absolute atomic E-state index is 12.9. The van der Waals surface area contributed by atoms with Gasteiger partial charge in [0.25, 0.3) is 0 Å². The fourth-order valence-corrected chi connectivity index (χ4v) is 3.44. The van der Waals surface area contributed by atoms with E-state index in [-0.39, 0.29) is 0 Å². The third kappa shape index (κ3) is 3.50.